The zero-order valence-electron chi connectivity index (χ0n) is 20.7. The van der Waals surface area contributed by atoms with E-state index in [1.807, 2.05) is 26.8 Å². The molecule has 1 aromatic heterocycles. The number of hydrogen-bond acceptors (Lipinski definition) is 11. The van der Waals surface area contributed by atoms with Gasteiger partial charge in [0.25, 0.3) is 5.91 Å². The standard InChI is InChI=1S/C25H23N3O6S3/c1-6-34-15-9-7-8-13-16(24-36-18(22(30)32-4)19(37-24)23(31)33-5)20(35)25(2,3)28(17(13)15)21(29)14-12-26-10-11-27-14/h7-12H,6H2,1-5H3. The number of carbonyl (C=O) groups is 3. The molecule has 0 unspecified atom stereocenters. The molecule has 2 aromatic rings. The van der Waals surface area contributed by atoms with Gasteiger partial charge in [-0.25, -0.2) is 14.6 Å². The van der Waals surface area contributed by atoms with Crippen LogP contribution in [0, 0.1) is 0 Å². The Kier molecular flexibility index (Phi) is 7.72. The molecule has 9 nitrogen and oxygen atoms in total. The van der Waals surface area contributed by atoms with Crippen LogP contribution in [0.15, 0.2) is 50.8 Å². The minimum absolute atomic E-state index is 0.114. The Labute approximate surface area is 227 Å². The lowest BCUT2D eigenvalue weighted by molar-refractivity contribution is -0.138. The van der Waals surface area contributed by atoms with Crippen LogP contribution >= 0.6 is 35.7 Å². The number of fused-ring (bicyclic) bond motifs is 1. The summed E-state index contributed by atoms with van der Waals surface area (Å²) in [4.78, 5) is 49.3. The van der Waals surface area contributed by atoms with Crippen LogP contribution in [0.1, 0.15) is 36.8 Å². The van der Waals surface area contributed by atoms with E-state index in [9.17, 15) is 14.4 Å². The average molecular weight is 558 g/mol. The summed E-state index contributed by atoms with van der Waals surface area (Å²) in [5.74, 6) is -1.23. The molecule has 192 valence electrons. The van der Waals surface area contributed by atoms with Gasteiger partial charge in [0, 0.05) is 23.5 Å². The zero-order valence-corrected chi connectivity index (χ0v) is 23.1. The molecule has 0 N–H and O–H groups in total. The van der Waals surface area contributed by atoms with Gasteiger partial charge >= 0.3 is 11.9 Å². The molecule has 0 atom stereocenters. The lowest BCUT2D eigenvalue weighted by Gasteiger charge is -2.45. The lowest BCUT2D eigenvalue weighted by Crippen LogP contribution is -2.56. The second-order valence-corrected chi connectivity index (χ2v) is 10.9. The summed E-state index contributed by atoms with van der Waals surface area (Å²) >= 11 is 8.16. The van der Waals surface area contributed by atoms with Gasteiger partial charge < -0.3 is 14.2 Å². The Morgan fingerprint density at radius 1 is 1.05 bits per heavy atom. The lowest BCUT2D eigenvalue weighted by atomic mass is 9.82. The van der Waals surface area contributed by atoms with Crippen molar-refractivity contribution >= 4 is 69.7 Å². The van der Waals surface area contributed by atoms with Crippen LogP contribution in [-0.4, -0.2) is 59.0 Å². The quantitative estimate of drug-likeness (QED) is 0.297. The number of thiocarbonyl (C=S) groups is 1. The fraction of sp³-hybridized carbons (Fsp3) is 0.280. The molecular formula is C25H23N3O6S3. The van der Waals surface area contributed by atoms with Crippen LogP contribution in [0.2, 0.25) is 0 Å². The van der Waals surface area contributed by atoms with Gasteiger partial charge in [-0.1, -0.05) is 47.9 Å². The molecule has 0 aliphatic carbocycles. The van der Waals surface area contributed by atoms with Crippen molar-refractivity contribution in [2.45, 2.75) is 26.3 Å². The van der Waals surface area contributed by atoms with Gasteiger partial charge in [0.05, 0.1) is 47.4 Å². The van der Waals surface area contributed by atoms with E-state index in [-0.39, 0.29) is 15.5 Å². The van der Waals surface area contributed by atoms with Gasteiger partial charge in [0.15, 0.2) is 0 Å². The molecule has 0 spiro atoms. The number of carbonyl (C=O) groups excluding carboxylic acids is 3. The second kappa shape index (κ2) is 10.6. The molecule has 1 aromatic carbocycles. The number of para-hydroxylation sites is 1. The summed E-state index contributed by atoms with van der Waals surface area (Å²) in [6.07, 6.45) is 4.34. The van der Waals surface area contributed by atoms with Crippen molar-refractivity contribution in [3.05, 3.63) is 62.1 Å². The van der Waals surface area contributed by atoms with E-state index in [1.54, 1.807) is 17.0 Å². The number of amides is 1. The first-order valence-corrected chi connectivity index (χ1v) is 13.1. The fourth-order valence-corrected chi connectivity index (χ4v) is 7.01. The Hall–Kier alpha value is -3.22. The average Bonchev–Trinajstić information content (AvgIpc) is 3.34. The summed E-state index contributed by atoms with van der Waals surface area (Å²) in [7, 11) is 2.49. The van der Waals surface area contributed by atoms with Gasteiger partial charge in [-0.15, -0.1) is 0 Å². The highest BCUT2D eigenvalue weighted by atomic mass is 32.2. The van der Waals surface area contributed by atoms with E-state index in [2.05, 4.69) is 9.97 Å². The molecule has 0 saturated carbocycles. The zero-order chi connectivity index (χ0) is 26.9. The summed E-state index contributed by atoms with van der Waals surface area (Å²) < 4.78 is 16.3. The molecule has 0 saturated heterocycles. The molecule has 4 rings (SSSR count). The first kappa shape index (κ1) is 26.8. The largest absolute Gasteiger partial charge is 0.492 e. The summed E-state index contributed by atoms with van der Waals surface area (Å²) in [5.41, 5.74) is 0.882. The molecule has 0 radical (unpaired) electrons. The van der Waals surface area contributed by atoms with Crippen molar-refractivity contribution in [1.29, 1.82) is 0 Å². The highest BCUT2D eigenvalue weighted by molar-refractivity contribution is 8.29. The summed E-state index contributed by atoms with van der Waals surface area (Å²) in [6.45, 7) is 5.88. The number of rotatable bonds is 5. The van der Waals surface area contributed by atoms with Crippen molar-refractivity contribution in [2.75, 3.05) is 25.7 Å². The van der Waals surface area contributed by atoms with Gasteiger partial charge in [-0.3, -0.25) is 14.7 Å². The molecule has 0 fully saturated rings. The molecule has 37 heavy (non-hydrogen) atoms. The minimum Gasteiger partial charge on any atom is -0.492 e. The normalized spacial score (nSPS) is 16.5. The third kappa shape index (κ3) is 4.64. The van der Waals surface area contributed by atoms with Crippen LogP contribution in [0.4, 0.5) is 5.69 Å². The molecule has 12 heteroatoms. The summed E-state index contributed by atoms with van der Waals surface area (Å²) in [5, 5.41) is 0. The van der Waals surface area contributed by atoms with E-state index in [1.165, 1.54) is 32.8 Å². The number of esters is 2. The Balaban J connectivity index is 1.97. The Morgan fingerprint density at radius 2 is 1.70 bits per heavy atom. The molecule has 3 heterocycles. The maximum absolute atomic E-state index is 13.8. The van der Waals surface area contributed by atoms with Crippen molar-refractivity contribution in [2.24, 2.45) is 0 Å². The molecule has 2 aliphatic heterocycles. The first-order chi connectivity index (χ1) is 17.7. The van der Waals surface area contributed by atoms with Crippen molar-refractivity contribution < 1.29 is 28.6 Å². The highest BCUT2D eigenvalue weighted by Gasteiger charge is 2.48. The van der Waals surface area contributed by atoms with Gasteiger partial charge in [-0.2, -0.15) is 0 Å². The maximum Gasteiger partial charge on any atom is 0.346 e. The monoisotopic (exact) mass is 557 g/mol. The van der Waals surface area contributed by atoms with E-state index >= 15 is 0 Å². The summed E-state index contributed by atoms with van der Waals surface area (Å²) in [6, 6.07) is 5.41. The fourth-order valence-electron chi connectivity index (χ4n) is 3.97. The molecule has 0 bridgehead atoms. The van der Waals surface area contributed by atoms with Crippen molar-refractivity contribution in [3.8, 4) is 5.75 Å². The van der Waals surface area contributed by atoms with E-state index in [0.717, 1.165) is 23.5 Å². The highest BCUT2D eigenvalue weighted by Crippen LogP contribution is 2.57. The third-order valence-corrected chi connectivity index (χ3v) is 8.92. The SMILES string of the molecule is CCOc1cccc2c1N(C(=O)c1cnccn1)C(C)(C)C(=S)C2=C1SC(C(=O)OC)=C(C(=O)OC)S1. The minimum atomic E-state index is -1.02. The topological polar surface area (TPSA) is 108 Å². The number of nitrogens with zero attached hydrogens (tertiary/aromatic N) is 3. The number of hydrogen-bond donors (Lipinski definition) is 0. The van der Waals surface area contributed by atoms with E-state index in [0.29, 0.717) is 38.3 Å². The van der Waals surface area contributed by atoms with Crippen molar-refractivity contribution in [3.63, 3.8) is 0 Å². The van der Waals surface area contributed by atoms with E-state index < -0.39 is 23.4 Å². The van der Waals surface area contributed by atoms with Crippen LogP contribution in [0.3, 0.4) is 0 Å². The van der Waals surface area contributed by atoms with Crippen molar-refractivity contribution in [1.82, 2.24) is 9.97 Å². The maximum atomic E-state index is 13.8. The number of ether oxygens (including phenoxy) is 3. The smallest absolute Gasteiger partial charge is 0.346 e. The molecular weight excluding hydrogens is 534 g/mol. The van der Waals surface area contributed by atoms with Crippen LogP contribution in [0.5, 0.6) is 5.75 Å². The molecule has 1 amide bonds. The Morgan fingerprint density at radius 3 is 2.24 bits per heavy atom. The third-order valence-electron chi connectivity index (χ3n) is 5.66. The number of thioether (sulfide) groups is 2. The van der Waals surface area contributed by atoms with Crippen LogP contribution < -0.4 is 9.64 Å². The Bertz CT molecular complexity index is 1340. The van der Waals surface area contributed by atoms with Gasteiger partial charge in [0.1, 0.15) is 21.3 Å². The van der Waals surface area contributed by atoms with Gasteiger partial charge in [0.2, 0.25) is 0 Å². The molecule has 2 aliphatic rings. The van der Waals surface area contributed by atoms with Gasteiger partial charge in [-0.05, 0) is 26.8 Å². The first-order valence-electron chi connectivity index (χ1n) is 11.1. The number of benzene rings is 1. The predicted octanol–water partition coefficient (Wildman–Crippen LogP) is 4.39. The van der Waals surface area contributed by atoms with E-state index in [4.69, 9.17) is 26.4 Å². The van der Waals surface area contributed by atoms with Crippen LogP contribution in [0.25, 0.3) is 5.57 Å². The number of anilines is 1. The predicted molar refractivity (Wildman–Crippen MR) is 146 cm³/mol. The second-order valence-electron chi connectivity index (χ2n) is 8.21. The van der Waals surface area contributed by atoms with Crippen LogP contribution in [-0.2, 0) is 19.1 Å². The number of methoxy groups -OCH3 is 2. The number of aromatic nitrogens is 2.